The Balaban J connectivity index is 4.32. The van der Waals surface area contributed by atoms with Crippen LogP contribution in [0.1, 0.15) is 20.3 Å². The highest BCUT2D eigenvalue weighted by molar-refractivity contribution is 4.82. The molecule has 14 heavy (non-hydrogen) atoms. The van der Waals surface area contributed by atoms with Gasteiger partial charge in [-0.15, -0.1) is 10.1 Å². The Morgan fingerprint density at radius 2 is 2.00 bits per heavy atom. The highest BCUT2D eigenvalue weighted by Crippen LogP contribution is 2.08. The van der Waals surface area contributed by atoms with E-state index in [0.29, 0.717) is 0 Å². The Kier molecular flexibility index (Phi) is 5.20. The molecule has 0 bridgehead atoms. The molecule has 0 heterocycles. The van der Waals surface area contributed by atoms with Gasteiger partial charge >= 0.3 is 0 Å². The lowest BCUT2D eigenvalue weighted by atomic mass is 10.1. The van der Waals surface area contributed by atoms with Gasteiger partial charge in [0.1, 0.15) is 0 Å². The molecule has 0 saturated carbocycles. The number of rotatable bonds is 6. The van der Waals surface area contributed by atoms with Gasteiger partial charge in [0, 0.05) is 11.3 Å². The first-order valence-corrected chi connectivity index (χ1v) is 4.04. The van der Waals surface area contributed by atoms with Gasteiger partial charge in [0.2, 0.25) is 6.04 Å². The molecule has 0 aliphatic carbocycles. The van der Waals surface area contributed by atoms with Crippen LogP contribution in [0.3, 0.4) is 0 Å². The maximum Gasteiger partial charge on any atom is 0.295 e. The lowest BCUT2D eigenvalue weighted by Crippen LogP contribution is -2.34. The van der Waals surface area contributed by atoms with Crippen molar-refractivity contribution in [1.29, 1.82) is 0 Å². The fourth-order valence-corrected chi connectivity index (χ4v) is 0.931. The summed E-state index contributed by atoms with van der Waals surface area (Å²) in [6.07, 6.45) is 2.30. The van der Waals surface area contributed by atoms with Crippen molar-refractivity contribution < 1.29 is 14.8 Å². The fourth-order valence-electron chi connectivity index (χ4n) is 0.931. The summed E-state index contributed by atoms with van der Waals surface area (Å²) in [5, 5.41) is 19.4. The van der Waals surface area contributed by atoms with E-state index in [4.69, 9.17) is 0 Å². The molecule has 0 unspecified atom stereocenters. The van der Waals surface area contributed by atoms with E-state index in [2.05, 4.69) is 4.84 Å². The van der Waals surface area contributed by atoms with Gasteiger partial charge in [-0.3, -0.25) is 10.1 Å². The van der Waals surface area contributed by atoms with Gasteiger partial charge in [0.25, 0.3) is 5.09 Å². The second-order valence-electron chi connectivity index (χ2n) is 2.69. The SMILES string of the molecule is C/C=C\C[C@@H]([C@@H](C)O[N+](=O)[O-])[N+](=O)[O-]. The van der Waals surface area contributed by atoms with Crippen LogP contribution >= 0.6 is 0 Å². The first-order chi connectivity index (χ1) is 6.49. The van der Waals surface area contributed by atoms with Gasteiger partial charge < -0.3 is 4.84 Å². The maximum atomic E-state index is 10.5. The quantitative estimate of drug-likeness (QED) is 0.368. The van der Waals surface area contributed by atoms with Gasteiger partial charge in [-0.1, -0.05) is 12.2 Å². The minimum absolute atomic E-state index is 0.124. The van der Waals surface area contributed by atoms with Crippen LogP contribution in [0.15, 0.2) is 12.2 Å². The molecule has 0 radical (unpaired) electrons. The molecule has 0 N–H and O–H groups in total. The second-order valence-corrected chi connectivity index (χ2v) is 2.69. The highest BCUT2D eigenvalue weighted by Gasteiger charge is 2.29. The lowest BCUT2D eigenvalue weighted by Gasteiger charge is -2.13. The van der Waals surface area contributed by atoms with E-state index < -0.39 is 22.2 Å². The summed E-state index contributed by atoms with van der Waals surface area (Å²) in [6, 6.07) is -1.09. The van der Waals surface area contributed by atoms with Crippen LogP contribution < -0.4 is 0 Å². The molecule has 0 amide bonds. The first kappa shape index (κ1) is 12.3. The minimum atomic E-state index is -1.09. The minimum Gasteiger partial charge on any atom is -0.304 e. The van der Waals surface area contributed by atoms with Gasteiger partial charge in [-0.2, -0.15) is 0 Å². The van der Waals surface area contributed by atoms with Crippen molar-refractivity contribution >= 4 is 0 Å². The number of nitro groups is 1. The Morgan fingerprint density at radius 3 is 2.36 bits per heavy atom. The summed E-state index contributed by atoms with van der Waals surface area (Å²) in [6.45, 7) is 3.02. The van der Waals surface area contributed by atoms with Crippen LogP contribution in [0, 0.1) is 20.2 Å². The molecule has 0 spiro atoms. The predicted molar refractivity (Wildman–Crippen MR) is 47.8 cm³/mol. The van der Waals surface area contributed by atoms with Crippen LogP contribution in [0.4, 0.5) is 0 Å². The van der Waals surface area contributed by atoms with Crippen LogP contribution in [0.5, 0.6) is 0 Å². The van der Waals surface area contributed by atoms with Crippen LogP contribution in [0.25, 0.3) is 0 Å². The molecular weight excluding hydrogens is 192 g/mol. The van der Waals surface area contributed by atoms with E-state index in [1.807, 2.05) is 0 Å². The van der Waals surface area contributed by atoms with E-state index >= 15 is 0 Å². The van der Waals surface area contributed by atoms with Crippen molar-refractivity contribution in [2.24, 2.45) is 0 Å². The molecule has 0 fully saturated rings. The Morgan fingerprint density at radius 1 is 1.43 bits per heavy atom. The lowest BCUT2D eigenvalue weighted by molar-refractivity contribution is -0.777. The summed E-state index contributed by atoms with van der Waals surface area (Å²) in [5.74, 6) is 0. The van der Waals surface area contributed by atoms with Gasteiger partial charge in [0.05, 0.1) is 0 Å². The van der Waals surface area contributed by atoms with Gasteiger partial charge in [-0.05, 0) is 13.8 Å². The fraction of sp³-hybridized carbons (Fsp3) is 0.714. The molecular formula is C7H12N2O5. The molecule has 0 aromatic heterocycles. The largest absolute Gasteiger partial charge is 0.304 e. The average molecular weight is 204 g/mol. The van der Waals surface area contributed by atoms with E-state index in [9.17, 15) is 20.2 Å². The van der Waals surface area contributed by atoms with Gasteiger partial charge in [-0.25, -0.2) is 0 Å². The van der Waals surface area contributed by atoms with Crippen molar-refractivity contribution in [3.63, 3.8) is 0 Å². The van der Waals surface area contributed by atoms with E-state index in [1.54, 1.807) is 19.1 Å². The predicted octanol–water partition coefficient (Wildman–Crippen LogP) is 1.19. The van der Waals surface area contributed by atoms with Crippen molar-refractivity contribution in [2.75, 3.05) is 0 Å². The van der Waals surface area contributed by atoms with Crippen molar-refractivity contribution in [2.45, 2.75) is 32.4 Å². The monoisotopic (exact) mass is 204 g/mol. The third-order valence-electron chi connectivity index (χ3n) is 1.68. The number of allylic oxidation sites excluding steroid dienone is 1. The van der Waals surface area contributed by atoms with Crippen molar-refractivity contribution in [1.82, 2.24) is 0 Å². The summed E-state index contributed by atoms with van der Waals surface area (Å²) >= 11 is 0. The zero-order valence-electron chi connectivity index (χ0n) is 7.95. The maximum absolute atomic E-state index is 10.5. The van der Waals surface area contributed by atoms with Crippen molar-refractivity contribution in [3.05, 3.63) is 32.4 Å². The topological polar surface area (TPSA) is 95.5 Å². The number of hydrogen-bond acceptors (Lipinski definition) is 5. The molecule has 0 saturated heterocycles. The summed E-state index contributed by atoms with van der Waals surface area (Å²) in [7, 11) is 0. The Labute approximate surface area is 80.6 Å². The molecule has 2 atom stereocenters. The van der Waals surface area contributed by atoms with Crippen LogP contribution in [0.2, 0.25) is 0 Å². The molecule has 7 heteroatoms. The van der Waals surface area contributed by atoms with E-state index in [-0.39, 0.29) is 6.42 Å². The third kappa shape index (κ3) is 4.39. The number of hydrogen-bond donors (Lipinski definition) is 0. The molecule has 0 aliphatic rings. The Bertz CT molecular complexity index is 240. The summed E-state index contributed by atoms with van der Waals surface area (Å²) in [4.78, 5) is 24.0. The second kappa shape index (κ2) is 5.90. The normalized spacial score (nSPS) is 15.0. The molecule has 7 nitrogen and oxygen atoms in total. The molecule has 0 aliphatic heterocycles. The molecule has 80 valence electrons. The first-order valence-electron chi connectivity index (χ1n) is 4.04. The van der Waals surface area contributed by atoms with Crippen LogP contribution in [-0.4, -0.2) is 22.2 Å². The smallest absolute Gasteiger partial charge is 0.295 e. The summed E-state index contributed by atoms with van der Waals surface area (Å²) < 4.78 is 0. The van der Waals surface area contributed by atoms with Crippen molar-refractivity contribution in [3.8, 4) is 0 Å². The van der Waals surface area contributed by atoms with Gasteiger partial charge in [0.15, 0.2) is 6.10 Å². The average Bonchev–Trinajstić information content (AvgIpc) is 2.02. The van der Waals surface area contributed by atoms with Crippen LogP contribution in [-0.2, 0) is 4.84 Å². The third-order valence-corrected chi connectivity index (χ3v) is 1.68. The number of nitrogens with zero attached hydrogens (tertiary/aromatic N) is 2. The zero-order chi connectivity index (χ0) is 11.1. The zero-order valence-corrected chi connectivity index (χ0v) is 7.95. The summed E-state index contributed by atoms with van der Waals surface area (Å²) in [5.41, 5.74) is 0. The van der Waals surface area contributed by atoms with E-state index in [1.165, 1.54) is 6.92 Å². The molecule has 0 rings (SSSR count). The highest BCUT2D eigenvalue weighted by atomic mass is 17.0. The molecule has 0 aromatic carbocycles. The Hall–Kier alpha value is -1.66. The standard InChI is InChI=1S/C7H12N2O5/c1-3-4-5-7(8(10)11)6(2)14-9(12)13/h3-4,6-7H,5H2,1-2H3/b4-3-/t6-,7+/m1/s1. The molecule has 0 aromatic rings. The van der Waals surface area contributed by atoms with E-state index in [0.717, 1.165) is 0 Å².